The minimum Gasteiger partial charge on any atom is -0.507 e. The molecule has 0 fully saturated rings. The van der Waals surface area contributed by atoms with Crippen molar-refractivity contribution < 1.29 is 59.8 Å². The number of phenols is 8. The van der Waals surface area contributed by atoms with Crippen LogP contribution in [0.15, 0.2) is 24.3 Å². The molecule has 0 unspecified atom stereocenters. The van der Waals surface area contributed by atoms with Gasteiger partial charge in [-0.3, -0.25) is 0 Å². The molecule has 8 bridgehead atoms. The summed E-state index contributed by atoms with van der Waals surface area (Å²) in [7, 11) is 5.86. The number of aromatic hydroxyl groups is 8. The highest BCUT2D eigenvalue weighted by molar-refractivity contribution is 5.67. The lowest BCUT2D eigenvalue weighted by Crippen LogP contribution is -2.16. The van der Waals surface area contributed by atoms with Crippen molar-refractivity contribution in [2.45, 2.75) is 131 Å². The predicted molar refractivity (Wildman–Crippen MR) is 247 cm³/mol. The van der Waals surface area contributed by atoms with E-state index in [0.717, 1.165) is 0 Å². The Morgan fingerprint density at radius 2 is 0.453 bits per heavy atom. The normalized spacial score (nSPS) is 17.6. The van der Waals surface area contributed by atoms with E-state index in [4.69, 9.17) is 18.9 Å². The molecule has 4 aromatic rings. The first-order valence-electron chi connectivity index (χ1n) is 22.5. The van der Waals surface area contributed by atoms with E-state index in [9.17, 15) is 40.9 Å². The van der Waals surface area contributed by atoms with Gasteiger partial charge in [-0.15, -0.1) is 0 Å². The van der Waals surface area contributed by atoms with Crippen LogP contribution in [0.4, 0.5) is 0 Å². The predicted octanol–water partition coefficient (Wildman–Crippen LogP) is 10.9. The van der Waals surface area contributed by atoms with Gasteiger partial charge in [-0.2, -0.15) is 0 Å². The van der Waals surface area contributed by atoms with Crippen molar-refractivity contribution in [3.63, 3.8) is 0 Å². The maximum absolute atomic E-state index is 12.4. The number of fused-ring (bicyclic) bond motifs is 8. The molecule has 12 heteroatoms. The molecule has 0 saturated carbocycles. The summed E-state index contributed by atoms with van der Waals surface area (Å²) in [4.78, 5) is 0. The molecule has 5 rings (SSSR count). The lowest BCUT2D eigenvalue weighted by Gasteiger charge is -2.32. The third kappa shape index (κ3) is 9.85. The monoisotopic (exact) mass is 889 g/mol. The second-order valence-corrected chi connectivity index (χ2v) is 19.4. The Morgan fingerprint density at radius 1 is 0.312 bits per heavy atom. The second kappa shape index (κ2) is 21.0. The van der Waals surface area contributed by atoms with Crippen molar-refractivity contribution in [3.05, 3.63) is 91.0 Å². The summed E-state index contributed by atoms with van der Waals surface area (Å²) in [6.45, 7) is 15.5. The summed E-state index contributed by atoms with van der Waals surface area (Å²) >= 11 is 0. The highest BCUT2D eigenvalue weighted by Crippen LogP contribution is 2.56. The average Bonchev–Trinajstić information content (AvgIpc) is 3.21. The third-order valence-corrected chi connectivity index (χ3v) is 12.7. The zero-order valence-corrected chi connectivity index (χ0v) is 39.8. The fourth-order valence-corrected chi connectivity index (χ4v) is 9.88. The van der Waals surface area contributed by atoms with Crippen LogP contribution in [0, 0.1) is 23.7 Å². The Balaban J connectivity index is 2.18. The fourth-order valence-electron chi connectivity index (χ4n) is 9.88. The molecule has 0 aromatic heterocycles. The van der Waals surface area contributed by atoms with E-state index in [1.54, 1.807) is 24.3 Å². The van der Waals surface area contributed by atoms with Crippen LogP contribution in [0.1, 0.15) is 172 Å². The summed E-state index contributed by atoms with van der Waals surface area (Å²) in [6.07, 6.45) is 1.59. The highest BCUT2D eigenvalue weighted by atomic mass is 16.5. The van der Waals surface area contributed by atoms with Gasteiger partial charge >= 0.3 is 0 Å². The van der Waals surface area contributed by atoms with Crippen LogP contribution in [0.3, 0.4) is 0 Å². The molecular formula is C52H72O12. The molecular weight excluding hydrogens is 817 g/mol. The Bertz CT molecular complexity index is 1850. The third-order valence-electron chi connectivity index (χ3n) is 12.7. The van der Waals surface area contributed by atoms with Crippen molar-refractivity contribution >= 4 is 0 Å². The molecule has 352 valence electrons. The minimum absolute atomic E-state index is 0.00271. The van der Waals surface area contributed by atoms with Gasteiger partial charge in [0.05, 0.1) is 48.7 Å². The highest BCUT2D eigenvalue weighted by Gasteiger charge is 2.38. The van der Waals surface area contributed by atoms with Gasteiger partial charge in [0.15, 0.2) is 0 Å². The number of phenolic OH excluding ortho intramolecular Hbond substituents is 8. The zero-order valence-electron chi connectivity index (χ0n) is 39.8. The number of ether oxygens (including phenoxy) is 4. The van der Waals surface area contributed by atoms with Gasteiger partial charge in [0.2, 0.25) is 0 Å². The molecule has 4 aromatic carbocycles. The molecule has 0 amide bonds. The number of rotatable bonds is 16. The molecule has 12 nitrogen and oxygen atoms in total. The van der Waals surface area contributed by atoms with Crippen molar-refractivity contribution in [1.82, 2.24) is 0 Å². The van der Waals surface area contributed by atoms with Crippen LogP contribution < -0.4 is 0 Å². The molecule has 0 heterocycles. The van der Waals surface area contributed by atoms with Crippen LogP contribution in [0.25, 0.3) is 0 Å². The first-order chi connectivity index (χ1) is 30.2. The van der Waals surface area contributed by atoms with Crippen LogP contribution in [0.5, 0.6) is 46.0 Å². The van der Waals surface area contributed by atoms with Gasteiger partial charge in [0.1, 0.15) is 46.0 Å². The Labute approximate surface area is 379 Å². The van der Waals surface area contributed by atoms with E-state index >= 15 is 0 Å². The van der Waals surface area contributed by atoms with E-state index < -0.39 is 23.7 Å². The SMILES string of the molecule is COCc1c(O)c2cc(c1O)C(CC(C)C)c1cc(c(O)c(COC)c1O)C(CC(C)C)c1cc(c(O)c(COC)c1O)C(CC(C)C)c1cc(c(O)c(COC)c1O)C2CC(C)C. The van der Waals surface area contributed by atoms with Crippen molar-refractivity contribution in [3.8, 4) is 46.0 Å². The van der Waals surface area contributed by atoms with E-state index in [1.165, 1.54) is 28.4 Å². The average molecular weight is 889 g/mol. The zero-order chi connectivity index (χ0) is 47.5. The standard InChI is InChI=1S/C52H72O12/c1-25(2)13-29-33-17-35(47(55)41(21-61-9)45(33)53)30(14-26(3)4)37-19-39(51(59)43(23-63-11)49(37)57)32(16-28(7)8)40-20-38(50(58)44(24-64-12)52(40)60)31(15-27(5)6)36-18-34(29)46(54)42(22-62-10)48(36)56/h17-20,25-32,53-60H,13-16,21-24H2,1-12H3. The first kappa shape index (κ1) is 50.1. The molecule has 0 radical (unpaired) electrons. The largest absolute Gasteiger partial charge is 0.507 e. The van der Waals surface area contributed by atoms with E-state index in [0.29, 0.717) is 70.2 Å². The number of hydrogen-bond donors (Lipinski definition) is 8. The molecule has 8 N–H and O–H groups in total. The molecule has 0 spiro atoms. The molecule has 0 atom stereocenters. The Kier molecular flexibility index (Phi) is 16.4. The van der Waals surface area contributed by atoms with Crippen molar-refractivity contribution in [1.29, 1.82) is 0 Å². The van der Waals surface area contributed by atoms with Crippen molar-refractivity contribution in [2.24, 2.45) is 23.7 Å². The molecule has 0 saturated heterocycles. The number of hydrogen-bond acceptors (Lipinski definition) is 12. The van der Waals surface area contributed by atoms with Gasteiger partial charge in [-0.25, -0.2) is 0 Å². The minimum atomic E-state index is -0.742. The lowest BCUT2D eigenvalue weighted by atomic mass is 9.73. The first-order valence-corrected chi connectivity index (χ1v) is 22.5. The maximum Gasteiger partial charge on any atom is 0.128 e. The maximum atomic E-state index is 12.4. The number of benzene rings is 4. The van der Waals surface area contributed by atoms with Crippen LogP contribution in [0.2, 0.25) is 0 Å². The smallest absolute Gasteiger partial charge is 0.128 e. The summed E-state index contributed by atoms with van der Waals surface area (Å²) in [5.41, 5.74) is 3.56. The van der Waals surface area contributed by atoms with Crippen LogP contribution in [-0.4, -0.2) is 69.3 Å². The summed E-state index contributed by atoms with van der Waals surface area (Å²) in [5, 5.41) is 98.8. The topological polar surface area (TPSA) is 199 Å². The Morgan fingerprint density at radius 3 is 0.562 bits per heavy atom. The van der Waals surface area contributed by atoms with Gasteiger partial charge in [0, 0.05) is 96.6 Å². The van der Waals surface area contributed by atoms with E-state index in [-0.39, 0.29) is 118 Å². The van der Waals surface area contributed by atoms with E-state index in [2.05, 4.69) is 0 Å². The molecule has 1 aliphatic rings. The van der Waals surface area contributed by atoms with Gasteiger partial charge < -0.3 is 59.8 Å². The molecule has 1 aliphatic carbocycles. The van der Waals surface area contributed by atoms with Gasteiger partial charge in [0.25, 0.3) is 0 Å². The van der Waals surface area contributed by atoms with Gasteiger partial charge in [-0.05, 0) is 73.6 Å². The summed E-state index contributed by atoms with van der Waals surface area (Å²) < 4.78 is 22.4. The summed E-state index contributed by atoms with van der Waals surface area (Å²) in [6, 6.07) is 6.98. The summed E-state index contributed by atoms with van der Waals surface area (Å²) in [5.74, 6) is -4.78. The fraction of sp³-hybridized carbons (Fsp3) is 0.538. The Hall–Kier alpha value is -4.88. The van der Waals surface area contributed by atoms with Gasteiger partial charge in [-0.1, -0.05) is 55.4 Å². The van der Waals surface area contributed by atoms with Crippen molar-refractivity contribution in [2.75, 3.05) is 28.4 Å². The second-order valence-electron chi connectivity index (χ2n) is 19.4. The molecule has 64 heavy (non-hydrogen) atoms. The lowest BCUT2D eigenvalue weighted by molar-refractivity contribution is 0.178. The molecule has 0 aliphatic heterocycles. The quantitative estimate of drug-likeness (QED) is 0.0530. The van der Waals surface area contributed by atoms with Crippen LogP contribution in [-0.2, 0) is 45.4 Å². The number of methoxy groups -OCH3 is 4. The van der Waals surface area contributed by atoms with Crippen LogP contribution >= 0.6 is 0 Å². The van der Waals surface area contributed by atoms with E-state index in [1.807, 2.05) is 55.4 Å².